The second-order valence-electron chi connectivity index (χ2n) is 8.65. The smallest absolute Gasteiger partial charge is 0.261 e. The quantitative estimate of drug-likeness (QED) is 0.594. The van der Waals surface area contributed by atoms with Crippen LogP contribution in [0.5, 0.6) is 5.75 Å². The van der Waals surface area contributed by atoms with Gasteiger partial charge < -0.3 is 10.1 Å². The molecule has 0 radical (unpaired) electrons. The number of rotatable bonds is 4. The third-order valence-corrected chi connectivity index (χ3v) is 5.78. The molecule has 1 aliphatic rings. The zero-order chi connectivity index (χ0) is 20.2. The Bertz CT molecular complexity index is 677. The third-order valence-electron chi connectivity index (χ3n) is 5.06. The summed E-state index contributed by atoms with van der Waals surface area (Å²) in [5.41, 5.74) is 0.825. The molecule has 150 valence electrons. The lowest BCUT2D eigenvalue weighted by atomic mass is 9.71. The average molecular weight is 455 g/mol. The summed E-state index contributed by atoms with van der Waals surface area (Å²) in [7, 11) is 0. The van der Waals surface area contributed by atoms with E-state index in [9.17, 15) is 4.79 Å². The molecule has 4 nitrogen and oxygen atoms in total. The van der Waals surface area contributed by atoms with Gasteiger partial charge in [0.2, 0.25) is 0 Å². The summed E-state index contributed by atoms with van der Waals surface area (Å²) in [5.74, 6) is 1.04. The highest BCUT2D eigenvalue weighted by atomic mass is 79.9. The Labute approximate surface area is 177 Å². The molecule has 1 amide bonds. The van der Waals surface area contributed by atoms with Gasteiger partial charge in [0, 0.05) is 10.5 Å². The molecule has 2 N–H and O–H groups in total. The van der Waals surface area contributed by atoms with Gasteiger partial charge in [0.15, 0.2) is 5.11 Å². The van der Waals surface area contributed by atoms with Crippen molar-refractivity contribution in [2.24, 2.45) is 11.3 Å². The van der Waals surface area contributed by atoms with E-state index in [1.165, 1.54) is 12.8 Å². The number of amides is 1. The number of ether oxygens (including phenoxy) is 1. The molecule has 0 atom stereocenters. The summed E-state index contributed by atoms with van der Waals surface area (Å²) in [6.45, 7) is 10.8. The van der Waals surface area contributed by atoms with Crippen molar-refractivity contribution in [2.45, 2.75) is 72.4 Å². The Morgan fingerprint density at radius 1 is 1.22 bits per heavy atom. The van der Waals surface area contributed by atoms with Gasteiger partial charge in [0.05, 0.1) is 11.7 Å². The fourth-order valence-electron chi connectivity index (χ4n) is 3.53. The lowest BCUT2D eigenvalue weighted by molar-refractivity contribution is 0.0970. The molecule has 0 aromatic heterocycles. The molecule has 1 aliphatic carbocycles. The average Bonchev–Trinajstić information content (AvgIpc) is 2.55. The van der Waals surface area contributed by atoms with Crippen molar-refractivity contribution in [2.75, 3.05) is 0 Å². The van der Waals surface area contributed by atoms with Crippen LogP contribution < -0.4 is 15.4 Å². The van der Waals surface area contributed by atoms with Crippen molar-refractivity contribution >= 4 is 39.2 Å². The van der Waals surface area contributed by atoms with Crippen LogP contribution in [0.2, 0.25) is 0 Å². The Morgan fingerprint density at radius 3 is 2.41 bits per heavy atom. The van der Waals surface area contributed by atoms with Crippen LogP contribution >= 0.6 is 28.1 Å². The molecule has 0 bridgehead atoms. The van der Waals surface area contributed by atoms with E-state index in [-0.39, 0.29) is 12.0 Å². The molecule has 0 saturated heterocycles. The summed E-state index contributed by atoms with van der Waals surface area (Å²) < 4.78 is 6.57. The Kier molecular flexibility index (Phi) is 7.69. The van der Waals surface area contributed by atoms with Crippen molar-refractivity contribution in [3.8, 4) is 5.75 Å². The van der Waals surface area contributed by atoms with Gasteiger partial charge in [-0.1, -0.05) is 36.7 Å². The third kappa shape index (κ3) is 6.75. The molecule has 0 aliphatic heterocycles. The Morgan fingerprint density at radius 2 is 1.85 bits per heavy atom. The first-order valence-corrected chi connectivity index (χ1v) is 10.8. The monoisotopic (exact) mass is 454 g/mol. The summed E-state index contributed by atoms with van der Waals surface area (Å²) in [4.78, 5) is 12.7. The van der Waals surface area contributed by atoms with Gasteiger partial charge in [-0.2, -0.15) is 0 Å². The SMILES string of the molecule is CC(C)Oc1ccc(Br)cc1C(=O)NC(=S)NC1CCC(C(C)(C)C)CC1. The van der Waals surface area contributed by atoms with E-state index >= 15 is 0 Å². The Balaban J connectivity index is 1.93. The summed E-state index contributed by atoms with van der Waals surface area (Å²) in [6, 6.07) is 5.73. The maximum absolute atomic E-state index is 12.7. The molecule has 0 spiro atoms. The number of benzene rings is 1. The number of carbonyl (C=O) groups is 1. The molecule has 1 aromatic carbocycles. The minimum Gasteiger partial charge on any atom is -0.490 e. The second kappa shape index (κ2) is 9.37. The van der Waals surface area contributed by atoms with E-state index in [1.807, 2.05) is 19.9 Å². The van der Waals surface area contributed by atoms with Gasteiger partial charge in [0.25, 0.3) is 5.91 Å². The van der Waals surface area contributed by atoms with Crippen LogP contribution in [0.1, 0.15) is 70.7 Å². The first-order valence-electron chi connectivity index (χ1n) is 9.64. The van der Waals surface area contributed by atoms with Crippen LogP contribution in [0.15, 0.2) is 22.7 Å². The van der Waals surface area contributed by atoms with Gasteiger partial charge >= 0.3 is 0 Å². The van der Waals surface area contributed by atoms with E-state index in [1.54, 1.807) is 12.1 Å². The van der Waals surface area contributed by atoms with Crippen LogP contribution in [0, 0.1) is 11.3 Å². The molecule has 2 rings (SSSR count). The number of nitrogens with one attached hydrogen (secondary N) is 2. The molecule has 1 fully saturated rings. The molecule has 27 heavy (non-hydrogen) atoms. The summed E-state index contributed by atoms with van der Waals surface area (Å²) in [5, 5.41) is 6.50. The maximum atomic E-state index is 12.7. The van der Waals surface area contributed by atoms with E-state index in [2.05, 4.69) is 47.3 Å². The summed E-state index contributed by atoms with van der Waals surface area (Å²) >= 11 is 8.80. The zero-order valence-corrected chi connectivity index (χ0v) is 19.3. The minimum atomic E-state index is -0.257. The van der Waals surface area contributed by atoms with Gasteiger partial charge in [-0.3, -0.25) is 10.1 Å². The number of hydrogen-bond acceptors (Lipinski definition) is 3. The van der Waals surface area contributed by atoms with Crippen LogP contribution in [0.4, 0.5) is 0 Å². The Hall–Kier alpha value is -1.14. The van der Waals surface area contributed by atoms with Crippen molar-refractivity contribution < 1.29 is 9.53 Å². The molecular formula is C21H31BrN2O2S. The maximum Gasteiger partial charge on any atom is 0.261 e. The predicted molar refractivity (Wildman–Crippen MR) is 118 cm³/mol. The van der Waals surface area contributed by atoms with Crippen molar-refractivity contribution in [3.63, 3.8) is 0 Å². The molecule has 1 aromatic rings. The minimum absolute atomic E-state index is 0.0131. The molecular weight excluding hydrogens is 424 g/mol. The van der Waals surface area contributed by atoms with Crippen LogP contribution in [0.3, 0.4) is 0 Å². The molecule has 6 heteroatoms. The highest BCUT2D eigenvalue weighted by molar-refractivity contribution is 9.10. The van der Waals surface area contributed by atoms with E-state index in [0.717, 1.165) is 23.2 Å². The first-order chi connectivity index (χ1) is 12.6. The first kappa shape index (κ1) is 22.2. The lowest BCUT2D eigenvalue weighted by Crippen LogP contribution is -2.46. The van der Waals surface area contributed by atoms with Crippen LogP contribution in [0.25, 0.3) is 0 Å². The number of carbonyl (C=O) groups excluding carboxylic acids is 1. The van der Waals surface area contributed by atoms with Crippen molar-refractivity contribution in [3.05, 3.63) is 28.2 Å². The molecule has 0 heterocycles. The highest BCUT2D eigenvalue weighted by Crippen LogP contribution is 2.37. The highest BCUT2D eigenvalue weighted by Gasteiger charge is 2.30. The van der Waals surface area contributed by atoms with Gasteiger partial charge in [-0.05, 0) is 81.3 Å². The van der Waals surface area contributed by atoms with Crippen molar-refractivity contribution in [1.82, 2.24) is 10.6 Å². The zero-order valence-electron chi connectivity index (χ0n) is 16.9. The standard InChI is InChI=1S/C21H31BrN2O2S/c1-13(2)26-18-11-8-15(22)12-17(18)19(25)24-20(27)23-16-9-6-14(7-10-16)21(3,4)5/h8,11-14,16H,6-7,9-10H2,1-5H3,(H2,23,24,25,27). The fraction of sp³-hybridized carbons (Fsp3) is 0.619. The lowest BCUT2D eigenvalue weighted by Gasteiger charge is -2.37. The fourth-order valence-corrected chi connectivity index (χ4v) is 4.15. The van der Waals surface area contributed by atoms with Gasteiger partial charge in [-0.15, -0.1) is 0 Å². The second-order valence-corrected chi connectivity index (χ2v) is 9.97. The van der Waals surface area contributed by atoms with Crippen LogP contribution in [-0.2, 0) is 0 Å². The van der Waals surface area contributed by atoms with Crippen molar-refractivity contribution in [1.29, 1.82) is 0 Å². The van der Waals surface area contributed by atoms with Gasteiger partial charge in [-0.25, -0.2) is 0 Å². The molecule has 0 unspecified atom stereocenters. The number of thiocarbonyl (C=S) groups is 1. The number of halogens is 1. The normalized spacial score (nSPS) is 20.3. The summed E-state index contributed by atoms with van der Waals surface area (Å²) in [6.07, 6.45) is 4.53. The van der Waals surface area contributed by atoms with E-state index < -0.39 is 0 Å². The molecule has 1 saturated carbocycles. The number of hydrogen-bond donors (Lipinski definition) is 2. The largest absolute Gasteiger partial charge is 0.490 e. The van der Waals surface area contributed by atoms with Gasteiger partial charge in [0.1, 0.15) is 5.75 Å². The van der Waals surface area contributed by atoms with E-state index in [0.29, 0.717) is 27.9 Å². The van der Waals surface area contributed by atoms with Crippen LogP contribution in [-0.4, -0.2) is 23.2 Å². The topological polar surface area (TPSA) is 50.4 Å². The predicted octanol–water partition coefficient (Wildman–Crippen LogP) is 5.45. The van der Waals surface area contributed by atoms with E-state index in [4.69, 9.17) is 17.0 Å².